The minimum absolute atomic E-state index is 0.164. The molecule has 3 heteroatoms. The quantitative estimate of drug-likeness (QED) is 0.852. The molecule has 0 aliphatic carbocycles. The van der Waals surface area contributed by atoms with Crippen molar-refractivity contribution in [3.63, 3.8) is 0 Å². The van der Waals surface area contributed by atoms with Gasteiger partial charge in [0, 0.05) is 15.6 Å². The van der Waals surface area contributed by atoms with Crippen LogP contribution in [0.25, 0.3) is 10.1 Å². The highest BCUT2D eigenvalue weighted by molar-refractivity contribution is 7.19. The minimum atomic E-state index is -0.164. The standard InChI is InChI=1S/C13H16FNS/c1-8(2)13(15-3)12-7-9-6-10(14)4-5-11(9)16-12/h4-8,13,15H,1-3H3. The lowest BCUT2D eigenvalue weighted by Gasteiger charge is -2.18. The third kappa shape index (κ3) is 2.11. The van der Waals surface area contributed by atoms with Crippen molar-refractivity contribution in [3.8, 4) is 0 Å². The number of benzene rings is 1. The Hall–Kier alpha value is -0.930. The highest BCUT2D eigenvalue weighted by atomic mass is 32.1. The first-order valence-corrected chi connectivity index (χ1v) is 6.29. The Morgan fingerprint density at radius 2 is 2.00 bits per heavy atom. The normalized spacial score (nSPS) is 13.6. The zero-order valence-electron chi connectivity index (χ0n) is 9.75. The van der Waals surface area contributed by atoms with Crippen molar-refractivity contribution >= 4 is 21.4 Å². The van der Waals surface area contributed by atoms with Crippen molar-refractivity contribution in [2.24, 2.45) is 5.92 Å². The van der Waals surface area contributed by atoms with Crippen molar-refractivity contribution in [1.82, 2.24) is 5.32 Å². The molecule has 0 radical (unpaired) electrons. The predicted molar refractivity (Wildman–Crippen MR) is 68.4 cm³/mol. The Morgan fingerprint density at radius 1 is 1.25 bits per heavy atom. The molecule has 1 aromatic heterocycles. The van der Waals surface area contributed by atoms with Gasteiger partial charge in [-0.15, -0.1) is 11.3 Å². The van der Waals surface area contributed by atoms with Gasteiger partial charge in [-0.25, -0.2) is 4.39 Å². The van der Waals surface area contributed by atoms with Gasteiger partial charge in [-0.3, -0.25) is 0 Å². The molecule has 0 bridgehead atoms. The molecule has 2 rings (SSSR count). The lowest BCUT2D eigenvalue weighted by Crippen LogP contribution is -2.20. The van der Waals surface area contributed by atoms with E-state index in [1.54, 1.807) is 17.4 Å². The fourth-order valence-corrected chi connectivity index (χ4v) is 3.32. The molecule has 0 fully saturated rings. The van der Waals surface area contributed by atoms with Gasteiger partial charge in [-0.05, 0) is 42.6 Å². The summed E-state index contributed by atoms with van der Waals surface area (Å²) in [7, 11) is 1.97. The summed E-state index contributed by atoms with van der Waals surface area (Å²) in [6.07, 6.45) is 0. The fraction of sp³-hybridized carbons (Fsp3) is 0.385. The Morgan fingerprint density at radius 3 is 2.62 bits per heavy atom. The minimum Gasteiger partial charge on any atom is -0.312 e. The first-order chi connectivity index (χ1) is 7.61. The number of fused-ring (bicyclic) bond motifs is 1. The second-order valence-electron chi connectivity index (χ2n) is 4.34. The maximum absolute atomic E-state index is 13.1. The van der Waals surface area contributed by atoms with Gasteiger partial charge in [0.1, 0.15) is 5.82 Å². The van der Waals surface area contributed by atoms with E-state index in [-0.39, 0.29) is 5.82 Å². The van der Waals surface area contributed by atoms with E-state index >= 15 is 0 Å². The van der Waals surface area contributed by atoms with Crippen molar-refractivity contribution < 1.29 is 4.39 Å². The van der Waals surface area contributed by atoms with Gasteiger partial charge in [0.05, 0.1) is 0 Å². The molecule has 1 heterocycles. The topological polar surface area (TPSA) is 12.0 Å². The van der Waals surface area contributed by atoms with Crippen LogP contribution in [0.2, 0.25) is 0 Å². The number of nitrogens with one attached hydrogen (secondary N) is 1. The molecule has 0 saturated carbocycles. The van der Waals surface area contributed by atoms with Gasteiger partial charge in [0.15, 0.2) is 0 Å². The van der Waals surface area contributed by atoms with E-state index in [1.807, 2.05) is 13.1 Å². The lowest BCUT2D eigenvalue weighted by atomic mass is 10.0. The zero-order chi connectivity index (χ0) is 11.7. The maximum Gasteiger partial charge on any atom is 0.123 e. The number of halogens is 1. The van der Waals surface area contributed by atoms with Crippen LogP contribution in [-0.4, -0.2) is 7.05 Å². The first kappa shape index (κ1) is 11.6. The van der Waals surface area contributed by atoms with E-state index in [0.717, 1.165) is 10.1 Å². The van der Waals surface area contributed by atoms with Crippen LogP contribution >= 0.6 is 11.3 Å². The second kappa shape index (κ2) is 4.52. The molecule has 0 amide bonds. The first-order valence-electron chi connectivity index (χ1n) is 5.48. The Labute approximate surface area is 99.3 Å². The van der Waals surface area contributed by atoms with E-state index in [0.29, 0.717) is 12.0 Å². The molecule has 0 aliphatic rings. The molecule has 1 nitrogen and oxygen atoms in total. The Kier molecular flexibility index (Phi) is 3.26. The molecule has 0 aliphatic heterocycles. The number of thiophene rings is 1. The van der Waals surface area contributed by atoms with E-state index in [4.69, 9.17) is 0 Å². The average Bonchev–Trinajstić information content (AvgIpc) is 2.60. The number of hydrogen-bond donors (Lipinski definition) is 1. The van der Waals surface area contributed by atoms with Crippen LogP contribution in [-0.2, 0) is 0 Å². The van der Waals surface area contributed by atoms with E-state index in [9.17, 15) is 4.39 Å². The molecule has 16 heavy (non-hydrogen) atoms. The fourth-order valence-electron chi connectivity index (χ4n) is 1.99. The third-order valence-electron chi connectivity index (χ3n) is 2.78. The predicted octanol–water partition coefficient (Wildman–Crippen LogP) is 3.96. The molecule has 1 atom stereocenters. The molecular weight excluding hydrogens is 221 g/mol. The van der Waals surface area contributed by atoms with Crippen LogP contribution in [0.3, 0.4) is 0 Å². The summed E-state index contributed by atoms with van der Waals surface area (Å²) in [6.45, 7) is 4.37. The van der Waals surface area contributed by atoms with E-state index < -0.39 is 0 Å². The summed E-state index contributed by atoms with van der Waals surface area (Å²) in [4.78, 5) is 1.28. The maximum atomic E-state index is 13.1. The van der Waals surface area contributed by atoms with Crippen molar-refractivity contribution in [2.45, 2.75) is 19.9 Å². The van der Waals surface area contributed by atoms with E-state index in [1.165, 1.54) is 10.9 Å². The number of rotatable bonds is 3. The van der Waals surface area contributed by atoms with Crippen LogP contribution < -0.4 is 5.32 Å². The summed E-state index contributed by atoms with van der Waals surface area (Å²) in [5, 5.41) is 4.31. The summed E-state index contributed by atoms with van der Waals surface area (Å²) >= 11 is 1.74. The van der Waals surface area contributed by atoms with Crippen LogP contribution in [0.15, 0.2) is 24.3 Å². The van der Waals surface area contributed by atoms with Gasteiger partial charge in [0.25, 0.3) is 0 Å². The molecule has 1 aromatic carbocycles. The summed E-state index contributed by atoms with van der Waals surface area (Å²) < 4.78 is 14.2. The highest BCUT2D eigenvalue weighted by Gasteiger charge is 2.16. The average molecular weight is 237 g/mol. The lowest BCUT2D eigenvalue weighted by molar-refractivity contribution is 0.450. The van der Waals surface area contributed by atoms with Gasteiger partial charge >= 0.3 is 0 Å². The zero-order valence-corrected chi connectivity index (χ0v) is 10.6. The van der Waals surface area contributed by atoms with Gasteiger partial charge in [0.2, 0.25) is 0 Å². The molecule has 0 saturated heterocycles. The van der Waals surface area contributed by atoms with Gasteiger partial charge in [-0.2, -0.15) is 0 Å². The largest absolute Gasteiger partial charge is 0.312 e. The van der Waals surface area contributed by atoms with Crippen LogP contribution in [0.5, 0.6) is 0 Å². The van der Waals surface area contributed by atoms with Crippen molar-refractivity contribution in [1.29, 1.82) is 0 Å². The van der Waals surface area contributed by atoms with Crippen LogP contribution in [0, 0.1) is 11.7 Å². The summed E-state index contributed by atoms with van der Waals surface area (Å²) in [5.41, 5.74) is 0. The van der Waals surface area contributed by atoms with Crippen molar-refractivity contribution in [2.75, 3.05) is 7.05 Å². The van der Waals surface area contributed by atoms with Crippen LogP contribution in [0.1, 0.15) is 24.8 Å². The second-order valence-corrected chi connectivity index (χ2v) is 5.46. The van der Waals surface area contributed by atoms with Crippen LogP contribution in [0.4, 0.5) is 4.39 Å². The van der Waals surface area contributed by atoms with Crippen molar-refractivity contribution in [3.05, 3.63) is 35.0 Å². The molecule has 1 N–H and O–H groups in total. The third-order valence-corrected chi connectivity index (χ3v) is 3.98. The smallest absolute Gasteiger partial charge is 0.123 e. The number of hydrogen-bond acceptors (Lipinski definition) is 2. The molecule has 1 unspecified atom stereocenters. The SMILES string of the molecule is CNC(c1cc2cc(F)ccc2s1)C(C)C. The monoisotopic (exact) mass is 237 g/mol. The molecule has 0 spiro atoms. The summed E-state index contributed by atoms with van der Waals surface area (Å²) in [5.74, 6) is 0.366. The van der Waals surface area contributed by atoms with Gasteiger partial charge < -0.3 is 5.32 Å². The van der Waals surface area contributed by atoms with Gasteiger partial charge in [-0.1, -0.05) is 13.8 Å². The molecule has 86 valence electrons. The molecule has 2 aromatic rings. The Bertz CT molecular complexity index is 490. The molecular formula is C13H16FNS. The summed E-state index contributed by atoms with van der Waals surface area (Å²) in [6, 6.07) is 7.41. The Balaban J connectivity index is 2.45. The highest BCUT2D eigenvalue weighted by Crippen LogP contribution is 2.33. The van der Waals surface area contributed by atoms with E-state index in [2.05, 4.69) is 25.2 Å².